The number of benzene rings is 2. The van der Waals surface area contributed by atoms with E-state index in [-0.39, 0.29) is 19.4 Å². The molecule has 150 valence electrons. The van der Waals surface area contributed by atoms with Gasteiger partial charge < -0.3 is 24.8 Å². The number of allylic oxidation sites excluding steroid dienone is 1. The Bertz CT molecular complexity index is 981. The molecule has 7 heteroatoms. The van der Waals surface area contributed by atoms with Crippen molar-refractivity contribution in [1.29, 1.82) is 0 Å². The maximum atomic E-state index is 12.9. The second-order valence-electron chi connectivity index (χ2n) is 6.93. The number of ether oxygens (including phenoxy) is 3. The maximum absolute atomic E-state index is 12.9. The Morgan fingerprint density at radius 3 is 2.59 bits per heavy atom. The molecular formula is C22H22N2O5. The Morgan fingerprint density at radius 1 is 1.10 bits per heavy atom. The largest absolute Gasteiger partial charge is 0.457 e. The number of rotatable bonds is 5. The lowest BCUT2D eigenvalue weighted by atomic mass is 9.94. The van der Waals surface area contributed by atoms with Crippen molar-refractivity contribution in [3.8, 4) is 11.5 Å². The van der Waals surface area contributed by atoms with E-state index in [9.17, 15) is 9.59 Å². The van der Waals surface area contributed by atoms with Crippen LogP contribution in [-0.4, -0.2) is 18.8 Å². The molecule has 2 aliphatic heterocycles. The lowest BCUT2D eigenvalue weighted by molar-refractivity contribution is -0.140. The van der Waals surface area contributed by atoms with Gasteiger partial charge in [-0.25, -0.2) is 9.59 Å². The summed E-state index contributed by atoms with van der Waals surface area (Å²) in [6.45, 7) is 4.05. The Kier molecular flexibility index (Phi) is 5.12. The third-order valence-electron chi connectivity index (χ3n) is 5.02. The molecule has 0 fully saturated rings. The van der Waals surface area contributed by atoms with E-state index in [1.54, 1.807) is 19.1 Å². The summed E-state index contributed by atoms with van der Waals surface area (Å²) in [5.74, 6) is 0.820. The molecular weight excluding hydrogens is 372 g/mol. The van der Waals surface area contributed by atoms with Gasteiger partial charge in [-0.1, -0.05) is 37.3 Å². The Hall–Kier alpha value is -3.48. The maximum Gasteiger partial charge on any atom is 0.338 e. The first-order valence-electron chi connectivity index (χ1n) is 9.48. The summed E-state index contributed by atoms with van der Waals surface area (Å²) in [5, 5.41) is 5.48. The summed E-state index contributed by atoms with van der Waals surface area (Å²) < 4.78 is 16.2. The first kappa shape index (κ1) is 18.9. The lowest BCUT2D eigenvalue weighted by Gasteiger charge is -2.28. The van der Waals surface area contributed by atoms with E-state index >= 15 is 0 Å². The predicted octanol–water partition coefficient (Wildman–Crippen LogP) is 3.35. The summed E-state index contributed by atoms with van der Waals surface area (Å²) >= 11 is 0. The average molecular weight is 394 g/mol. The van der Waals surface area contributed by atoms with E-state index in [1.807, 2.05) is 30.3 Å². The van der Waals surface area contributed by atoms with Gasteiger partial charge in [-0.05, 0) is 42.2 Å². The van der Waals surface area contributed by atoms with Gasteiger partial charge in [-0.3, -0.25) is 0 Å². The predicted molar refractivity (Wildman–Crippen MR) is 105 cm³/mol. The van der Waals surface area contributed by atoms with E-state index < -0.39 is 12.0 Å². The highest BCUT2D eigenvalue weighted by molar-refractivity contribution is 5.95. The van der Waals surface area contributed by atoms with Crippen molar-refractivity contribution < 1.29 is 23.8 Å². The van der Waals surface area contributed by atoms with Crippen LogP contribution in [-0.2, 0) is 22.6 Å². The van der Waals surface area contributed by atoms with Gasteiger partial charge >= 0.3 is 12.0 Å². The summed E-state index contributed by atoms with van der Waals surface area (Å²) in [7, 11) is 0. The summed E-state index contributed by atoms with van der Waals surface area (Å²) in [6.07, 6.45) is 0.915. The van der Waals surface area contributed by atoms with Crippen molar-refractivity contribution in [1.82, 2.24) is 10.6 Å². The van der Waals surface area contributed by atoms with E-state index in [0.717, 1.165) is 17.5 Å². The van der Waals surface area contributed by atoms with Gasteiger partial charge in [0.25, 0.3) is 0 Å². The normalized spacial score (nSPS) is 17.6. The molecule has 0 aliphatic carbocycles. The van der Waals surface area contributed by atoms with Crippen LogP contribution in [0.5, 0.6) is 11.5 Å². The zero-order valence-electron chi connectivity index (χ0n) is 16.3. The van der Waals surface area contributed by atoms with E-state index in [0.29, 0.717) is 22.8 Å². The first-order valence-corrected chi connectivity index (χ1v) is 9.48. The van der Waals surface area contributed by atoms with Gasteiger partial charge in [-0.15, -0.1) is 0 Å². The molecule has 0 bridgehead atoms. The van der Waals surface area contributed by atoms with E-state index in [4.69, 9.17) is 14.2 Å². The fourth-order valence-electron chi connectivity index (χ4n) is 3.42. The summed E-state index contributed by atoms with van der Waals surface area (Å²) in [4.78, 5) is 24.9. The topological polar surface area (TPSA) is 85.9 Å². The standard InChI is InChI=1S/C22H22N2O5/c1-3-14-4-7-16(8-5-14)20-19(13(2)23-22(26)24-20)21(25)27-11-15-6-9-17-18(10-15)29-12-28-17/h4-10,20H,3,11-12H2,1-2H3,(H2,23,24,26)/t20-/m1/s1. The minimum absolute atomic E-state index is 0.0850. The Labute approximate surface area is 168 Å². The molecule has 0 unspecified atom stereocenters. The number of aryl methyl sites for hydroxylation is 1. The fourth-order valence-corrected chi connectivity index (χ4v) is 3.42. The van der Waals surface area contributed by atoms with Crippen molar-refractivity contribution in [2.24, 2.45) is 0 Å². The third-order valence-corrected chi connectivity index (χ3v) is 5.02. The third kappa shape index (κ3) is 3.89. The van der Waals surface area contributed by atoms with Crippen molar-refractivity contribution in [2.45, 2.75) is 32.9 Å². The van der Waals surface area contributed by atoms with E-state index in [1.165, 1.54) is 5.56 Å². The molecule has 2 amide bonds. The minimum atomic E-state index is -0.570. The van der Waals surface area contributed by atoms with Gasteiger partial charge in [0.2, 0.25) is 6.79 Å². The molecule has 0 radical (unpaired) electrons. The van der Waals surface area contributed by atoms with E-state index in [2.05, 4.69) is 17.6 Å². The Morgan fingerprint density at radius 2 is 1.83 bits per heavy atom. The molecule has 1 atom stereocenters. The second-order valence-corrected chi connectivity index (χ2v) is 6.93. The molecule has 0 saturated carbocycles. The van der Waals surface area contributed by atoms with Gasteiger partial charge in [0.1, 0.15) is 6.61 Å². The lowest BCUT2D eigenvalue weighted by Crippen LogP contribution is -2.45. The van der Waals surface area contributed by atoms with Crippen molar-refractivity contribution in [3.63, 3.8) is 0 Å². The molecule has 7 nitrogen and oxygen atoms in total. The van der Waals surface area contributed by atoms with Gasteiger partial charge in [0.15, 0.2) is 11.5 Å². The number of nitrogens with one attached hydrogen (secondary N) is 2. The van der Waals surface area contributed by atoms with Crippen LogP contribution < -0.4 is 20.1 Å². The van der Waals surface area contributed by atoms with Crippen LogP contribution >= 0.6 is 0 Å². The number of hydrogen-bond acceptors (Lipinski definition) is 5. The number of amides is 2. The molecule has 29 heavy (non-hydrogen) atoms. The van der Waals surface area contributed by atoms with Crippen molar-refractivity contribution in [2.75, 3.05) is 6.79 Å². The second kappa shape index (κ2) is 7.87. The summed E-state index contributed by atoms with van der Waals surface area (Å²) in [6, 6.07) is 12.3. The number of fused-ring (bicyclic) bond motifs is 1. The highest BCUT2D eigenvalue weighted by Crippen LogP contribution is 2.33. The zero-order valence-corrected chi connectivity index (χ0v) is 16.3. The van der Waals surface area contributed by atoms with Crippen LogP contribution in [0.15, 0.2) is 53.7 Å². The van der Waals surface area contributed by atoms with Crippen LogP contribution in [0.25, 0.3) is 0 Å². The highest BCUT2D eigenvalue weighted by Gasteiger charge is 2.32. The van der Waals surface area contributed by atoms with Crippen molar-refractivity contribution in [3.05, 3.63) is 70.4 Å². The molecule has 0 spiro atoms. The van der Waals surface area contributed by atoms with Gasteiger partial charge in [0, 0.05) is 5.70 Å². The molecule has 2 heterocycles. The number of urea groups is 1. The highest BCUT2D eigenvalue weighted by atomic mass is 16.7. The molecule has 4 rings (SSSR count). The fraction of sp³-hybridized carbons (Fsp3) is 0.273. The summed E-state index contributed by atoms with van der Waals surface area (Å²) in [5.41, 5.74) is 3.66. The molecule has 2 aromatic rings. The van der Waals surface area contributed by atoms with Crippen molar-refractivity contribution >= 4 is 12.0 Å². The van der Waals surface area contributed by atoms with Crippen LogP contribution in [0.4, 0.5) is 4.79 Å². The average Bonchev–Trinajstić information content (AvgIpc) is 3.19. The molecule has 0 aromatic heterocycles. The SMILES string of the molecule is CCc1ccc([C@H]2NC(=O)NC(C)=C2C(=O)OCc2ccc3c(c2)OCO3)cc1. The smallest absolute Gasteiger partial charge is 0.338 e. The number of carbonyl (C=O) groups is 2. The van der Waals surface area contributed by atoms with Gasteiger partial charge in [-0.2, -0.15) is 0 Å². The molecule has 2 aliphatic rings. The minimum Gasteiger partial charge on any atom is -0.457 e. The van der Waals surface area contributed by atoms with Crippen LogP contribution in [0, 0.1) is 0 Å². The number of hydrogen-bond donors (Lipinski definition) is 2. The Balaban J connectivity index is 1.53. The molecule has 2 N–H and O–H groups in total. The molecule has 2 aromatic carbocycles. The van der Waals surface area contributed by atoms with Crippen LogP contribution in [0.3, 0.4) is 0 Å². The first-order chi connectivity index (χ1) is 14.0. The molecule has 0 saturated heterocycles. The zero-order chi connectivity index (χ0) is 20.4. The van der Waals surface area contributed by atoms with Gasteiger partial charge in [0.05, 0.1) is 11.6 Å². The number of esters is 1. The quantitative estimate of drug-likeness (QED) is 0.760. The number of carbonyl (C=O) groups excluding carboxylic acids is 2. The van der Waals surface area contributed by atoms with Crippen LogP contribution in [0.2, 0.25) is 0 Å². The monoisotopic (exact) mass is 394 g/mol. The van der Waals surface area contributed by atoms with Crippen LogP contribution in [0.1, 0.15) is 36.6 Å².